The van der Waals surface area contributed by atoms with Gasteiger partial charge in [0.15, 0.2) is 10.9 Å². The number of hydrogen-bond acceptors (Lipinski definition) is 10. The molecule has 0 amide bonds. The average molecular weight is 520 g/mol. The SMILES string of the molecule is Cc1cc(Nc2nccc(-c3ccc(N=CC(=N)S(O)(O)C4CC4)nc3)n2)ccc1N1CC2CC1CO2. The van der Waals surface area contributed by atoms with Gasteiger partial charge in [0.25, 0.3) is 0 Å². The Morgan fingerprint density at radius 1 is 1.22 bits per heavy atom. The first kappa shape index (κ1) is 24.0. The molecule has 2 unspecified atom stereocenters. The summed E-state index contributed by atoms with van der Waals surface area (Å²) in [5.74, 6) is 0.861. The maximum absolute atomic E-state index is 10.1. The Bertz CT molecular complexity index is 1360. The second-order valence-electron chi connectivity index (χ2n) is 9.71. The largest absolute Gasteiger partial charge is 0.374 e. The Labute approximate surface area is 216 Å². The zero-order valence-corrected chi connectivity index (χ0v) is 21.2. The van der Waals surface area contributed by atoms with Crippen LogP contribution >= 0.6 is 10.6 Å². The molecule has 4 heterocycles. The molecule has 37 heavy (non-hydrogen) atoms. The van der Waals surface area contributed by atoms with Gasteiger partial charge in [-0.15, -0.1) is 10.6 Å². The first-order valence-corrected chi connectivity index (χ1v) is 13.9. The van der Waals surface area contributed by atoms with Crippen LogP contribution in [0.2, 0.25) is 0 Å². The molecule has 3 aliphatic rings. The Morgan fingerprint density at radius 2 is 2.08 bits per heavy atom. The molecule has 6 rings (SSSR count). The molecular formula is C26H29N7O3S. The summed E-state index contributed by atoms with van der Waals surface area (Å²) in [7, 11) is -3.05. The Morgan fingerprint density at radius 3 is 2.76 bits per heavy atom. The van der Waals surface area contributed by atoms with E-state index in [-0.39, 0.29) is 10.3 Å². The third kappa shape index (κ3) is 4.95. The smallest absolute Gasteiger partial charge is 0.227 e. The summed E-state index contributed by atoms with van der Waals surface area (Å²) in [6, 6.07) is 12.1. The lowest BCUT2D eigenvalue weighted by molar-refractivity contribution is 0.0991. The number of aryl methyl sites for hydroxylation is 1. The van der Waals surface area contributed by atoms with Gasteiger partial charge in [-0.05, 0) is 68.1 Å². The Balaban J connectivity index is 1.12. The number of hydrogen-bond donors (Lipinski definition) is 4. The number of nitrogens with zero attached hydrogens (tertiary/aromatic N) is 5. The van der Waals surface area contributed by atoms with E-state index < -0.39 is 10.6 Å². The molecular weight excluding hydrogens is 490 g/mol. The summed E-state index contributed by atoms with van der Waals surface area (Å²) in [6.45, 7) is 3.88. The molecule has 0 spiro atoms. The van der Waals surface area contributed by atoms with E-state index in [0.717, 1.165) is 43.7 Å². The minimum Gasteiger partial charge on any atom is -0.374 e. The summed E-state index contributed by atoms with van der Waals surface area (Å²) < 4.78 is 25.9. The summed E-state index contributed by atoms with van der Waals surface area (Å²) in [5.41, 5.74) is 4.86. The lowest BCUT2D eigenvalue weighted by atomic mass is 10.1. The van der Waals surface area contributed by atoms with Crippen LogP contribution in [0.25, 0.3) is 11.3 Å². The van der Waals surface area contributed by atoms with E-state index >= 15 is 0 Å². The molecule has 0 radical (unpaired) electrons. The summed E-state index contributed by atoms with van der Waals surface area (Å²) in [6.07, 6.45) is 7.47. The van der Waals surface area contributed by atoms with Crippen LogP contribution in [0, 0.1) is 12.3 Å². The summed E-state index contributed by atoms with van der Waals surface area (Å²) in [5, 5.41) is 10.8. The number of benzene rings is 1. The van der Waals surface area contributed by atoms with Crippen molar-refractivity contribution in [2.75, 3.05) is 23.4 Å². The number of anilines is 3. The standard InChI is InChI=1S/C26H29N7O3S/c1-16-10-18(3-6-23(16)33-14-20-11-19(33)15-36-20)31-26-28-9-8-22(32-26)17-2-7-25(29-12-17)30-13-24(27)37(34,35)21-4-5-21/h2-3,6-10,12-13,19-21,27,34-35H,4-5,11,14-15H2,1H3,(H,28,31,32). The topological polar surface area (TPSA) is 140 Å². The highest BCUT2D eigenvalue weighted by atomic mass is 32.3. The van der Waals surface area contributed by atoms with E-state index in [0.29, 0.717) is 29.6 Å². The van der Waals surface area contributed by atoms with Crippen molar-refractivity contribution in [3.8, 4) is 11.3 Å². The van der Waals surface area contributed by atoms with Crippen molar-refractivity contribution in [1.82, 2.24) is 15.0 Å². The first-order valence-electron chi connectivity index (χ1n) is 12.3. The molecule has 2 aromatic heterocycles. The molecule has 1 saturated carbocycles. The first-order chi connectivity index (χ1) is 17.9. The van der Waals surface area contributed by atoms with Crippen molar-refractivity contribution in [2.45, 2.75) is 43.6 Å². The molecule has 10 nitrogen and oxygen atoms in total. The number of nitrogens with one attached hydrogen (secondary N) is 2. The highest BCUT2D eigenvalue weighted by Gasteiger charge is 2.39. The zero-order valence-electron chi connectivity index (χ0n) is 20.4. The van der Waals surface area contributed by atoms with Crippen molar-refractivity contribution >= 4 is 45.0 Å². The molecule has 11 heteroatoms. The fourth-order valence-corrected chi connectivity index (χ4v) is 6.21. The third-order valence-corrected chi connectivity index (χ3v) is 9.14. The van der Waals surface area contributed by atoms with Gasteiger partial charge >= 0.3 is 0 Å². The van der Waals surface area contributed by atoms with Gasteiger partial charge in [0.2, 0.25) is 5.95 Å². The van der Waals surface area contributed by atoms with Gasteiger partial charge in [0, 0.05) is 35.9 Å². The van der Waals surface area contributed by atoms with Crippen molar-refractivity contribution in [2.24, 2.45) is 4.99 Å². The van der Waals surface area contributed by atoms with Gasteiger partial charge in [-0.3, -0.25) is 14.5 Å². The van der Waals surface area contributed by atoms with E-state index in [9.17, 15) is 9.11 Å². The van der Waals surface area contributed by atoms with Crippen LogP contribution in [0.15, 0.2) is 53.8 Å². The molecule has 2 saturated heterocycles. The minimum absolute atomic E-state index is 0.209. The molecule has 2 aliphatic heterocycles. The molecule has 192 valence electrons. The average Bonchev–Trinajstić information content (AvgIpc) is 3.57. The predicted molar refractivity (Wildman–Crippen MR) is 147 cm³/mol. The molecule has 3 fully saturated rings. The Hall–Kier alpha value is -3.38. The van der Waals surface area contributed by atoms with Crippen LogP contribution in [-0.4, -0.2) is 65.9 Å². The van der Waals surface area contributed by atoms with Crippen LogP contribution in [0.3, 0.4) is 0 Å². The number of aliphatic imine (C=N–C) groups is 1. The molecule has 2 atom stereocenters. The highest BCUT2D eigenvalue weighted by molar-refractivity contribution is 8.38. The third-order valence-electron chi connectivity index (χ3n) is 6.99. The highest BCUT2D eigenvalue weighted by Crippen LogP contribution is 2.56. The predicted octanol–water partition coefficient (Wildman–Crippen LogP) is 5.16. The number of pyridine rings is 1. The minimum atomic E-state index is -3.05. The van der Waals surface area contributed by atoms with Crippen LogP contribution in [0.5, 0.6) is 0 Å². The van der Waals surface area contributed by atoms with Crippen molar-refractivity contribution in [3.63, 3.8) is 0 Å². The van der Waals surface area contributed by atoms with E-state index in [1.807, 2.05) is 12.1 Å². The molecule has 4 N–H and O–H groups in total. The van der Waals surface area contributed by atoms with E-state index in [1.165, 1.54) is 17.5 Å². The molecule has 3 aromatic rings. The van der Waals surface area contributed by atoms with Crippen LogP contribution in [0.1, 0.15) is 24.8 Å². The van der Waals surface area contributed by atoms with Gasteiger partial charge in [-0.1, -0.05) is 0 Å². The molecule has 1 aliphatic carbocycles. The number of morpholine rings is 1. The van der Waals surface area contributed by atoms with Gasteiger partial charge in [0.05, 0.1) is 35.9 Å². The van der Waals surface area contributed by atoms with Crippen LogP contribution in [-0.2, 0) is 4.74 Å². The lowest BCUT2D eigenvalue weighted by Gasteiger charge is -2.30. The second-order valence-corrected chi connectivity index (χ2v) is 12.0. The quantitative estimate of drug-likeness (QED) is 0.248. The zero-order chi connectivity index (χ0) is 25.6. The molecule has 2 bridgehead atoms. The van der Waals surface area contributed by atoms with Crippen LogP contribution < -0.4 is 10.2 Å². The van der Waals surface area contributed by atoms with E-state index in [2.05, 4.69) is 55.3 Å². The maximum Gasteiger partial charge on any atom is 0.227 e. The fourth-order valence-electron chi connectivity index (χ4n) is 4.85. The van der Waals surface area contributed by atoms with Crippen molar-refractivity contribution in [3.05, 3.63) is 54.4 Å². The molecule has 1 aromatic carbocycles. The lowest BCUT2D eigenvalue weighted by Crippen LogP contribution is -2.37. The number of ether oxygens (including phenoxy) is 1. The van der Waals surface area contributed by atoms with Crippen molar-refractivity contribution < 1.29 is 13.8 Å². The maximum atomic E-state index is 10.1. The second kappa shape index (κ2) is 9.49. The number of fused-ring (bicyclic) bond motifs is 2. The van der Waals surface area contributed by atoms with Gasteiger partial charge < -0.3 is 15.0 Å². The van der Waals surface area contributed by atoms with Crippen molar-refractivity contribution in [1.29, 1.82) is 5.41 Å². The number of aromatic nitrogens is 3. The number of rotatable bonds is 7. The fraction of sp³-hybridized carbons (Fsp3) is 0.346. The summed E-state index contributed by atoms with van der Waals surface area (Å²) >= 11 is 0. The van der Waals surface area contributed by atoms with Gasteiger partial charge in [0.1, 0.15) is 0 Å². The van der Waals surface area contributed by atoms with Gasteiger partial charge in [-0.2, -0.15) is 0 Å². The summed E-state index contributed by atoms with van der Waals surface area (Å²) in [4.78, 5) is 19.9. The monoisotopic (exact) mass is 519 g/mol. The van der Waals surface area contributed by atoms with Crippen LogP contribution in [0.4, 0.5) is 23.1 Å². The van der Waals surface area contributed by atoms with E-state index in [1.54, 1.807) is 18.5 Å². The van der Waals surface area contributed by atoms with E-state index in [4.69, 9.17) is 10.1 Å². The van der Waals surface area contributed by atoms with Gasteiger partial charge in [-0.25, -0.2) is 19.9 Å². The Kier molecular flexibility index (Phi) is 6.15. The normalized spacial score (nSPS) is 21.5.